The third-order valence-electron chi connectivity index (χ3n) is 4.95. The number of pyridine rings is 1. The van der Waals surface area contributed by atoms with Gasteiger partial charge in [0, 0.05) is 29.9 Å². The van der Waals surface area contributed by atoms with Crippen molar-refractivity contribution in [2.24, 2.45) is 0 Å². The van der Waals surface area contributed by atoms with E-state index in [1.807, 2.05) is 36.5 Å². The van der Waals surface area contributed by atoms with Crippen LogP contribution in [0.3, 0.4) is 0 Å². The van der Waals surface area contributed by atoms with Gasteiger partial charge in [0.15, 0.2) is 0 Å². The molecule has 1 aliphatic heterocycles. The van der Waals surface area contributed by atoms with Crippen molar-refractivity contribution >= 4 is 24.8 Å². The van der Waals surface area contributed by atoms with Crippen LogP contribution in [0.25, 0.3) is 22.7 Å². The average Bonchev–Trinajstić information content (AvgIpc) is 3.13. The van der Waals surface area contributed by atoms with Crippen LogP contribution in [0.15, 0.2) is 59.3 Å². The van der Waals surface area contributed by atoms with E-state index in [2.05, 4.69) is 33.9 Å². The highest BCUT2D eigenvalue weighted by Crippen LogP contribution is 2.25. The predicted molar refractivity (Wildman–Crippen MR) is 113 cm³/mol. The van der Waals surface area contributed by atoms with Crippen molar-refractivity contribution < 1.29 is 4.42 Å². The highest BCUT2D eigenvalue weighted by atomic mass is 35.5. The van der Waals surface area contributed by atoms with Crippen LogP contribution < -0.4 is 0 Å². The smallest absolute Gasteiger partial charge is 0.226 e. The van der Waals surface area contributed by atoms with Crippen molar-refractivity contribution in [2.45, 2.75) is 38.8 Å². The minimum Gasteiger partial charge on any atom is -0.444 e. The van der Waals surface area contributed by atoms with Crippen LogP contribution in [0.2, 0.25) is 0 Å². The Balaban J connectivity index is 0.00000131. The van der Waals surface area contributed by atoms with Crippen molar-refractivity contribution in [1.29, 1.82) is 0 Å². The lowest BCUT2D eigenvalue weighted by Gasteiger charge is -2.32. The van der Waals surface area contributed by atoms with Gasteiger partial charge in [0.2, 0.25) is 5.89 Å². The van der Waals surface area contributed by atoms with E-state index in [1.54, 1.807) is 6.26 Å². The molecule has 1 saturated heterocycles. The van der Waals surface area contributed by atoms with Gasteiger partial charge >= 0.3 is 0 Å². The highest BCUT2D eigenvalue weighted by molar-refractivity contribution is 5.85. The maximum absolute atomic E-state index is 5.72. The molecule has 1 atom stereocenters. The van der Waals surface area contributed by atoms with E-state index in [0.29, 0.717) is 11.9 Å². The largest absolute Gasteiger partial charge is 0.444 e. The second-order valence-corrected chi connectivity index (χ2v) is 6.75. The monoisotopic (exact) mass is 405 g/mol. The van der Waals surface area contributed by atoms with Crippen molar-refractivity contribution in [1.82, 2.24) is 14.9 Å². The maximum Gasteiger partial charge on any atom is 0.226 e. The first-order chi connectivity index (χ1) is 12.3. The summed E-state index contributed by atoms with van der Waals surface area (Å²) in [6.45, 7) is 4.33. The molecule has 3 heterocycles. The number of oxazole rings is 1. The van der Waals surface area contributed by atoms with Gasteiger partial charge in [-0.1, -0.05) is 24.6 Å². The van der Waals surface area contributed by atoms with E-state index in [0.717, 1.165) is 35.6 Å². The number of rotatable bonds is 4. The van der Waals surface area contributed by atoms with Gasteiger partial charge < -0.3 is 4.42 Å². The summed E-state index contributed by atoms with van der Waals surface area (Å²) in [5.41, 5.74) is 4.08. The normalized spacial score (nSPS) is 17.0. The first-order valence-corrected chi connectivity index (χ1v) is 9.00. The molecule has 0 amide bonds. The highest BCUT2D eigenvalue weighted by Gasteiger charge is 2.19. The van der Waals surface area contributed by atoms with E-state index in [1.165, 1.54) is 19.3 Å². The molecule has 144 valence electrons. The number of hydrogen-bond acceptors (Lipinski definition) is 4. The van der Waals surface area contributed by atoms with Crippen LogP contribution in [-0.4, -0.2) is 27.5 Å². The second-order valence-electron chi connectivity index (χ2n) is 6.75. The molecule has 0 radical (unpaired) electrons. The van der Waals surface area contributed by atoms with Crippen LogP contribution in [0, 0.1) is 0 Å². The Hall–Kier alpha value is -1.88. The molecule has 3 aromatic rings. The molecule has 6 heteroatoms. The first-order valence-electron chi connectivity index (χ1n) is 9.00. The Morgan fingerprint density at radius 2 is 1.81 bits per heavy atom. The second kappa shape index (κ2) is 9.88. The van der Waals surface area contributed by atoms with Crippen LogP contribution in [0.4, 0.5) is 0 Å². The van der Waals surface area contributed by atoms with E-state index in [4.69, 9.17) is 4.42 Å². The van der Waals surface area contributed by atoms with Gasteiger partial charge in [-0.15, -0.1) is 24.8 Å². The predicted octanol–water partition coefficient (Wildman–Crippen LogP) is 5.62. The lowest BCUT2D eigenvalue weighted by atomic mass is 10.0. The Bertz CT molecular complexity index is 821. The Morgan fingerprint density at radius 3 is 2.52 bits per heavy atom. The lowest BCUT2D eigenvalue weighted by molar-refractivity contribution is 0.151. The zero-order valence-corrected chi connectivity index (χ0v) is 17.0. The molecular weight excluding hydrogens is 381 g/mol. The molecule has 1 aromatic carbocycles. The minimum atomic E-state index is 0. The summed E-state index contributed by atoms with van der Waals surface area (Å²) in [5.74, 6) is 0.687. The maximum atomic E-state index is 5.72. The van der Waals surface area contributed by atoms with Crippen molar-refractivity contribution in [3.8, 4) is 22.7 Å². The third-order valence-corrected chi connectivity index (χ3v) is 4.95. The van der Waals surface area contributed by atoms with Crippen LogP contribution in [0.1, 0.15) is 31.9 Å². The van der Waals surface area contributed by atoms with Crippen LogP contribution >= 0.6 is 24.8 Å². The molecule has 0 aliphatic carbocycles. The molecule has 0 spiro atoms. The van der Waals surface area contributed by atoms with E-state index < -0.39 is 0 Å². The Morgan fingerprint density at radius 1 is 1.04 bits per heavy atom. The molecule has 0 bridgehead atoms. The number of halogens is 2. The van der Waals surface area contributed by atoms with Crippen molar-refractivity contribution in [3.05, 3.63) is 60.6 Å². The van der Waals surface area contributed by atoms with E-state index in [9.17, 15) is 0 Å². The quantitative estimate of drug-likeness (QED) is 0.564. The standard InChI is InChI=1S/C21H23N3O.2ClH/c1-16-6-3-5-13-24(16)14-19-15-25-21(23-19)18-10-8-17(9-11-18)20-7-2-4-12-22-20;;/h2,4,7-12,15-16H,3,5-6,13-14H2,1H3;2*1H. The summed E-state index contributed by atoms with van der Waals surface area (Å²) in [4.78, 5) is 11.6. The molecule has 1 aliphatic rings. The van der Waals surface area contributed by atoms with Crippen LogP contribution in [0.5, 0.6) is 0 Å². The summed E-state index contributed by atoms with van der Waals surface area (Å²) in [6, 6.07) is 14.8. The van der Waals surface area contributed by atoms with Crippen LogP contribution in [-0.2, 0) is 6.54 Å². The van der Waals surface area contributed by atoms with E-state index in [-0.39, 0.29) is 24.8 Å². The zero-order valence-electron chi connectivity index (χ0n) is 15.4. The van der Waals surface area contributed by atoms with Gasteiger partial charge in [-0.25, -0.2) is 4.98 Å². The zero-order chi connectivity index (χ0) is 17.1. The van der Waals surface area contributed by atoms with Crippen molar-refractivity contribution in [2.75, 3.05) is 6.54 Å². The molecule has 2 aromatic heterocycles. The molecular formula is C21H25Cl2N3O. The summed E-state index contributed by atoms with van der Waals surface area (Å²) in [5, 5.41) is 0. The van der Waals surface area contributed by atoms with Gasteiger partial charge in [-0.05, 0) is 50.6 Å². The van der Waals surface area contributed by atoms with Gasteiger partial charge in [0.25, 0.3) is 0 Å². The molecule has 1 unspecified atom stereocenters. The fraction of sp³-hybridized carbons (Fsp3) is 0.333. The molecule has 0 saturated carbocycles. The third kappa shape index (κ3) is 5.10. The molecule has 1 fully saturated rings. The topological polar surface area (TPSA) is 42.2 Å². The Labute approximate surface area is 172 Å². The van der Waals surface area contributed by atoms with Crippen molar-refractivity contribution in [3.63, 3.8) is 0 Å². The summed E-state index contributed by atoms with van der Waals surface area (Å²) < 4.78 is 5.72. The molecule has 4 nitrogen and oxygen atoms in total. The number of hydrogen-bond donors (Lipinski definition) is 0. The van der Waals surface area contributed by atoms with Gasteiger partial charge in [-0.2, -0.15) is 0 Å². The molecule has 27 heavy (non-hydrogen) atoms. The average molecular weight is 406 g/mol. The fourth-order valence-electron chi connectivity index (χ4n) is 3.43. The minimum absolute atomic E-state index is 0. The number of piperidine rings is 1. The number of nitrogens with zero attached hydrogens (tertiary/aromatic N) is 3. The summed E-state index contributed by atoms with van der Waals surface area (Å²) in [6.07, 6.45) is 7.50. The SMILES string of the molecule is CC1CCCCN1Cc1coc(-c2ccc(-c3ccccn3)cc2)n1.Cl.Cl. The van der Waals surface area contributed by atoms with Gasteiger partial charge in [-0.3, -0.25) is 9.88 Å². The van der Waals surface area contributed by atoms with Gasteiger partial charge in [0.1, 0.15) is 6.26 Å². The first kappa shape index (κ1) is 21.4. The number of likely N-dealkylation sites (tertiary alicyclic amines) is 1. The molecule has 4 rings (SSSR count). The number of aromatic nitrogens is 2. The number of benzene rings is 1. The van der Waals surface area contributed by atoms with E-state index >= 15 is 0 Å². The summed E-state index contributed by atoms with van der Waals surface area (Å²) >= 11 is 0. The molecule has 0 N–H and O–H groups in total. The summed E-state index contributed by atoms with van der Waals surface area (Å²) in [7, 11) is 0. The Kier molecular flexibility index (Phi) is 7.84. The fourth-order valence-corrected chi connectivity index (χ4v) is 3.43. The lowest BCUT2D eigenvalue weighted by Crippen LogP contribution is -2.36. The van der Waals surface area contributed by atoms with Gasteiger partial charge in [0.05, 0.1) is 11.4 Å².